The largest absolute Gasteiger partial charge is 0.456 e. The standard InChI is InChI=1S/C42H24O/c1-2-10-30-28(7-1)23-29(31-21-22-39-42-34(31)12-6-13-35(42)33-11-3-4-14-38(33)43-39)24-37(30)32-19-17-27-16-15-25-8-5-9-26-18-20-36(32)41(27)40(25)26/h1-24H. The molecule has 0 aromatic heterocycles. The fourth-order valence-corrected chi connectivity index (χ4v) is 7.49. The maximum Gasteiger partial charge on any atom is 0.135 e. The summed E-state index contributed by atoms with van der Waals surface area (Å²) in [6, 6.07) is 53.2. The molecule has 43 heavy (non-hydrogen) atoms. The maximum atomic E-state index is 6.41. The topological polar surface area (TPSA) is 9.23 Å². The van der Waals surface area contributed by atoms with Crippen LogP contribution in [0.3, 0.4) is 0 Å². The fourth-order valence-electron chi connectivity index (χ4n) is 7.49. The van der Waals surface area contributed by atoms with Crippen LogP contribution < -0.4 is 4.74 Å². The molecular weight excluding hydrogens is 520 g/mol. The van der Waals surface area contributed by atoms with Crippen LogP contribution in [0.5, 0.6) is 11.5 Å². The summed E-state index contributed by atoms with van der Waals surface area (Å²) in [4.78, 5) is 0. The predicted molar refractivity (Wildman–Crippen MR) is 182 cm³/mol. The second kappa shape index (κ2) is 8.44. The molecule has 1 aliphatic rings. The lowest BCUT2D eigenvalue weighted by Crippen LogP contribution is -1.97. The van der Waals surface area contributed by atoms with E-state index in [2.05, 4.69) is 140 Å². The van der Waals surface area contributed by atoms with Gasteiger partial charge in [-0.3, -0.25) is 0 Å². The van der Waals surface area contributed by atoms with Gasteiger partial charge in [-0.25, -0.2) is 0 Å². The molecule has 1 aliphatic heterocycles. The van der Waals surface area contributed by atoms with Gasteiger partial charge in [0.15, 0.2) is 0 Å². The van der Waals surface area contributed by atoms with Gasteiger partial charge < -0.3 is 4.74 Å². The van der Waals surface area contributed by atoms with Crippen molar-refractivity contribution in [2.24, 2.45) is 0 Å². The molecule has 0 fully saturated rings. The minimum Gasteiger partial charge on any atom is -0.456 e. The normalized spacial score (nSPS) is 12.4. The van der Waals surface area contributed by atoms with Crippen molar-refractivity contribution in [3.63, 3.8) is 0 Å². The Balaban J connectivity index is 1.27. The lowest BCUT2D eigenvalue weighted by Gasteiger charge is -2.23. The molecule has 0 unspecified atom stereocenters. The minimum atomic E-state index is 0.914. The summed E-state index contributed by atoms with van der Waals surface area (Å²) >= 11 is 0. The number of ether oxygens (including phenoxy) is 1. The van der Waals surface area contributed by atoms with E-state index in [1.54, 1.807) is 0 Å². The molecule has 198 valence electrons. The highest BCUT2D eigenvalue weighted by Crippen LogP contribution is 2.49. The lowest BCUT2D eigenvalue weighted by molar-refractivity contribution is 0.487. The van der Waals surface area contributed by atoms with Crippen molar-refractivity contribution in [3.8, 4) is 44.9 Å². The average Bonchev–Trinajstić information content (AvgIpc) is 3.07. The molecule has 1 heteroatoms. The molecule has 0 amide bonds. The number of benzene rings is 9. The molecule has 0 radical (unpaired) electrons. The van der Waals surface area contributed by atoms with E-state index in [1.165, 1.54) is 81.7 Å². The molecule has 0 N–H and O–H groups in total. The third-order valence-corrected chi connectivity index (χ3v) is 9.39. The zero-order chi connectivity index (χ0) is 28.1. The maximum absolute atomic E-state index is 6.41. The first-order valence-corrected chi connectivity index (χ1v) is 14.8. The monoisotopic (exact) mass is 544 g/mol. The SMILES string of the molecule is c1ccc2c(c1)Oc1ccc(-c3cc(-c4ccc5ccc6cccc7ccc4c5c67)c4ccccc4c3)c3cccc-2c13. The Morgan fingerprint density at radius 1 is 0.302 bits per heavy atom. The Hall–Kier alpha value is -5.66. The van der Waals surface area contributed by atoms with Crippen molar-refractivity contribution >= 4 is 53.9 Å². The second-order valence-corrected chi connectivity index (χ2v) is 11.7. The van der Waals surface area contributed by atoms with E-state index in [1.807, 2.05) is 6.07 Å². The van der Waals surface area contributed by atoms with Gasteiger partial charge in [0.05, 0.1) is 0 Å². The van der Waals surface area contributed by atoms with Crippen LogP contribution in [0.25, 0.3) is 87.2 Å². The average molecular weight is 545 g/mol. The third-order valence-electron chi connectivity index (χ3n) is 9.39. The van der Waals surface area contributed by atoms with Crippen LogP contribution in [0.2, 0.25) is 0 Å². The zero-order valence-corrected chi connectivity index (χ0v) is 23.3. The van der Waals surface area contributed by atoms with E-state index in [4.69, 9.17) is 4.74 Å². The van der Waals surface area contributed by atoms with E-state index >= 15 is 0 Å². The summed E-state index contributed by atoms with van der Waals surface area (Å²) in [7, 11) is 0. The van der Waals surface area contributed by atoms with Gasteiger partial charge in [-0.05, 0) is 101 Å². The van der Waals surface area contributed by atoms with E-state index in [0.29, 0.717) is 0 Å². The molecular formula is C42H24O. The fraction of sp³-hybridized carbons (Fsp3) is 0. The summed E-state index contributed by atoms with van der Waals surface area (Å²) in [5.41, 5.74) is 7.32. The van der Waals surface area contributed by atoms with E-state index < -0.39 is 0 Å². The van der Waals surface area contributed by atoms with Gasteiger partial charge in [-0.15, -0.1) is 0 Å². The van der Waals surface area contributed by atoms with Gasteiger partial charge in [-0.2, -0.15) is 0 Å². The van der Waals surface area contributed by atoms with Gasteiger partial charge in [-0.1, -0.05) is 121 Å². The Bertz CT molecular complexity index is 2570. The predicted octanol–water partition coefficient (Wildman–Crippen LogP) is 12.0. The van der Waals surface area contributed by atoms with Crippen LogP contribution in [-0.2, 0) is 0 Å². The highest BCUT2D eigenvalue weighted by Gasteiger charge is 2.22. The van der Waals surface area contributed by atoms with E-state index in [-0.39, 0.29) is 0 Å². The highest BCUT2D eigenvalue weighted by molar-refractivity contribution is 6.26. The van der Waals surface area contributed by atoms with Crippen LogP contribution in [0.1, 0.15) is 0 Å². The summed E-state index contributed by atoms with van der Waals surface area (Å²) in [5, 5.41) is 12.8. The van der Waals surface area contributed by atoms with Crippen molar-refractivity contribution in [2.45, 2.75) is 0 Å². The van der Waals surface area contributed by atoms with Crippen molar-refractivity contribution in [1.29, 1.82) is 0 Å². The van der Waals surface area contributed by atoms with Crippen molar-refractivity contribution < 1.29 is 4.74 Å². The Labute approximate surface area is 248 Å². The molecule has 0 saturated carbocycles. The molecule has 10 rings (SSSR count). The lowest BCUT2D eigenvalue weighted by atomic mass is 9.86. The van der Waals surface area contributed by atoms with E-state index in [0.717, 1.165) is 17.1 Å². The Morgan fingerprint density at radius 3 is 1.88 bits per heavy atom. The first kappa shape index (κ1) is 23.0. The molecule has 0 bridgehead atoms. The Morgan fingerprint density at radius 2 is 0.953 bits per heavy atom. The number of para-hydroxylation sites is 1. The zero-order valence-electron chi connectivity index (χ0n) is 23.3. The van der Waals surface area contributed by atoms with Gasteiger partial charge in [0.1, 0.15) is 11.5 Å². The van der Waals surface area contributed by atoms with Crippen LogP contribution >= 0.6 is 0 Å². The third kappa shape index (κ3) is 3.17. The molecule has 0 saturated heterocycles. The van der Waals surface area contributed by atoms with Crippen LogP contribution in [0.4, 0.5) is 0 Å². The quantitative estimate of drug-likeness (QED) is 0.197. The van der Waals surface area contributed by atoms with Gasteiger partial charge >= 0.3 is 0 Å². The van der Waals surface area contributed by atoms with Crippen LogP contribution in [0, 0.1) is 0 Å². The second-order valence-electron chi connectivity index (χ2n) is 11.7. The molecule has 1 heterocycles. The van der Waals surface area contributed by atoms with Gasteiger partial charge in [0.25, 0.3) is 0 Å². The number of hydrogen-bond donors (Lipinski definition) is 0. The number of rotatable bonds is 2. The summed E-state index contributed by atoms with van der Waals surface area (Å²) < 4.78 is 6.41. The first-order chi connectivity index (χ1) is 21.3. The van der Waals surface area contributed by atoms with Crippen molar-refractivity contribution in [1.82, 2.24) is 0 Å². The number of hydrogen-bond acceptors (Lipinski definition) is 1. The van der Waals surface area contributed by atoms with Crippen molar-refractivity contribution in [2.75, 3.05) is 0 Å². The van der Waals surface area contributed by atoms with Crippen LogP contribution in [-0.4, -0.2) is 0 Å². The summed E-state index contributed by atoms with van der Waals surface area (Å²) in [5.74, 6) is 1.83. The minimum absolute atomic E-state index is 0.914. The molecule has 0 spiro atoms. The first-order valence-electron chi connectivity index (χ1n) is 14.8. The van der Waals surface area contributed by atoms with Gasteiger partial charge in [0, 0.05) is 10.9 Å². The molecule has 9 aromatic carbocycles. The number of fused-ring (bicyclic) bond motifs is 3. The van der Waals surface area contributed by atoms with Gasteiger partial charge in [0.2, 0.25) is 0 Å². The molecule has 0 aliphatic carbocycles. The van der Waals surface area contributed by atoms with E-state index in [9.17, 15) is 0 Å². The Kier molecular flexibility index (Phi) is 4.51. The highest BCUT2D eigenvalue weighted by atomic mass is 16.5. The molecule has 0 atom stereocenters. The summed E-state index contributed by atoms with van der Waals surface area (Å²) in [6.07, 6.45) is 0. The summed E-state index contributed by atoms with van der Waals surface area (Å²) in [6.45, 7) is 0. The molecule has 1 nitrogen and oxygen atoms in total. The van der Waals surface area contributed by atoms with Crippen LogP contribution in [0.15, 0.2) is 146 Å². The van der Waals surface area contributed by atoms with Crippen molar-refractivity contribution in [3.05, 3.63) is 146 Å². The molecule has 9 aromatic rings. The smallest absolute Gasteiger partial charge is 0.135 e.